The van der Waals surface area contributed by atoms with E-state index in [1.807, 2.05) is 42.5 Å². The number of likely N-dealkylation sites (tertiary alicyclic amines) is 1. The summed E-state index contributed by atoms with van der Waals surface area (Å²) in [5.74, 6) is 0. The van der Waals surface area contributed by atoms with Crippen molar-refractivity contribution in [3.05, 3.63) is 81.2 Å². The van der Waals surface area contributed by atoms with Crippen molar-refractivity contribution in [1.29, 1.82) is 0 Å². The molecule has 1 aliphatic rings. The van der Waals surface area contributed by atoms with E-state index in [2.05, 4.69) is 27.1 Å². The average Bonchev–Trinajstić information content (AvgIpc) is 2.93. The smallest absolute Gasteiger partial charge is 0.0876 e. The van der Waals surface area contributed by atoms with E-state index in [1.165, 1.54) is 5.56 Å². The molecule has 0 N–H and O–H groups in total. The first-order chi connectivity index (χ1) is 10.7. The Balaban J connectivity index is 1.82. The number of benzene rings is 2. The Hall–Kier alpha value is -2.00. The molecule has 2 aromatic carbocycles. The summed E-state index contributed by atoms with van der Waals surface area (Å²) in [6.07, 6.45) is 0.825. The van der Waals surface area contributed by atoms with Crippen LogP contribution in [0.4, 0.5) is 0 Å². The second-order valence-corrected chi connectivity index (χ2v) is 6.11. The molecule has 0 bridgehead atoms. The number of hydrogen-bond acceptors (Lipinski definition) is 2. The summed E-state index contributed by atoms with van der Waals surface area (Å²) in [7, 11) is 0. The van der Waals surface area contributed by atoms with Crippen LogP contribution in [0.1, 0.15) is 17.5 Å². The monoisotopic (exact) mass is 312 g/mol. The van der Waals surface area contributed by atoms with E-state index in [4.69, 9.17) is 17.1 Å². The third-order valence-corrected chi connectivity index (χ3v) is 4.45. The van der Waals surface area contributed by atoms with Crippen LogP contribution in [-0.4, -0.2) is 18.0 Å². The normalized spacial score (nSPS) is 21.5. The first kappa shape index (κ1) is 14.9. The molecule has 0 radical (unpaired) electrons. The molecular weight excluding hydrogens is 296 g/mol. The summed E-state index contributed by atoms with van der Waals surface area (Å²) in [6, 6.07) is 18.0. The van der Waals surface area contributed by atoms with Crippen molar-refractivity contribution in [2.75, 3.05) is 13.1 Å². The number of nitrogens with zero attached hydrogens (tertiary/aromatic N) is 4. The molecule has 0 aromatic heterocycles. The molecule has 3 rings (SSSR count). The molecule has 2 aromatic rings. The fourth-order valence-electron chi connectivity index (χ4n) is 3.07. The first-order valence-corrected chi connectivity index (χ1v) is 7.68. The van der Waals surface area contributed by atoms with E-state index in [1.54, 1.807) is 0 Å². The SMILES string of the molecule is [N-]=[N+]=NC1(c2ccc(Cl)cc2)CCN(Cc2ccccc2)C1. The molecule has 1 aliphatic heterocycles. The van der Waals surface area contributed by atoms with Gasteiger partial charge in [0.2, 0.25) is 0 Å². The molecule has 112 valence electrons. The van der Waals surface area contributed by atoms with E-state index in [9.17, 15) is 0 Å². The van der Waals surface area contributed by atoms with Gasteiger partial charge in [0.25, 0.3) is 0 Å². The minimum Gasteiger partial charge on any atom is -0.298 e. The van der Waals surface area contributed by atoms with Gasteiger partial charge < -0.3 is 0 Å². The molecule has 1 atom stereocenters. The lowest BCUT2D eigenvalue weighted by Gasteiger charge is -2.25. The zero-order valence-electron chi connectivity index (χ0n) is 12.2. The molecule has 1 fully saturated rings. The van der Waals surface area contributed by atoms with E-state index in [0.29, 0.717) is 5.02 Å². The van der Waals surface area contributed by atoms with Crippen LogP contribution in [0.25, 0.3) is 10.4 Å². The molecule has 0 aliphatic carbocycles. The third-order valence-electron chi connectivity index (χ3n) is 4.19. The Morgan fingerprint density at radius 2 is 1.86 bits per heavy atom. The fourth-order valence-corrected chi connectivity index (χ4v) is 3.19. The second kappa shape index (κ2) is 6.41. The van der Waals surface area contributed by atoms with Crippen LogP contribution in [0.3, 0.4) is 0 Å². The van der Waals surface area contributed by atoms with Gasteiger partial charge in [-0.3, -0.25) is 4.90 Å². The molecule has 0 amide bonds. The Bertz CT molecular complexity index is 680. The lowest BCUT2D eigenvalue weighted by Crippen LogP contribution is -2.28. The van der Waals surface area contributed by atoms with Crippen LogP contribution in [0.15, 0.2) is 59.7 Å². The van der Waals surface area contributed by atoms with E-state index < -0.39 is 5.54 Å². The van der Waals surface area contributed by atoms with Crippen LogP contribution in [-0.2, 0) is 12.1 Å². The van der Waals surface area contributed by atoms with Gasteiger partial charge in [-0.1, -0.05) is 59.2 Å². The number of hydrogen-bond donors (Lipinski definition) is 0. The van der Waals surface area contributed by atoms with Crippen LogP contribution in [0.5, 0.6) is 0 Å². The maximum absolute atomic E-state index is 9.00. The molecule has 1 heterocycles. The van der Waals surface area contributed by atoms with E-state index >= 15 is 0 Å². The van der Waals surface area contributed by atoms with Crippen molar-refractivity contribution < 1.29 is 0 Å². The van der Waals surface area contributed by atoms with Crippen LogP contribution >= 0.6 is 11.6 Å². The summed E-state index contributed by atoms with van der Waals surface area (Å²) < 4.78 is 0. The lowest BCUT2D eigenvalue weighted by molar-refractivity contribution is 0.304. The van der Waals surface area contributed by atoms with Crippen molar-refractivity contribution in [3.63, 3.8) is 0 Å². The molecule has 0 spiro atoms. The van der Waals surface area contributed by atoms with E-state index in [-0.39, 0.29) is 0 Å². The Morgan fingerprint density at radius 1 is 1.14 bits per heavy atom. The van der Waals surface area contributed by atoms with Gasteiger partial charge in [-0.2, -0.15) is 0 Å². The molecule has 22 heavy (non-hydrogen) atoms. The highest BCUT2D eigenvalue weighted by Gasteiger charge is 2.38. The summed E-state index contributed by atoms with van der Waals surface area (Å²) in [4.78, 5) is 5.43. The van der Waals surface area contributed by atoms with Crippen molar-refractivity contribution in [3.8, 4) is 0 Å². The third kappa shape index (κ3) is 3.09. The van der Waals surface area contributed by atoms with Gasteiger partial charge >= 0.3 is 0 Å². The first-order valence-electron chi connectivity index (χ1n) is 7.30. The molecular formula is C17H17ClN4. The standard InChI is InChI=1S/C17H17ClN4/c18-16-8-6-15(7-9-16)17(20-21-19)10-11-22(13-17)12-14-4-2-1-3-5-14/h1-9H,10-13H2. The molecule has 4 nitrogen and oxygen atoms in total. The topological polar surface area (TPSA) is 52.0 Å². The fraction of sp³-hybridized carbons (Fsp3) is 0.294. The minimum absolute atomic E-state index is 0.492. The van der Waals surface area contributed by atoms with Gasteiger partial charge in [0.1, 0.15) is 0 Å². The van der Waals surface area contributed by atoms with Crippen molar-refractivity contribution in [1.82, 2.24) is 4.90 Å². The second-order valence-electron chi connectivity index (χ2n) is 5.67. The Morgan fingerprint density at radius 3 is 2.55 bits per heavy atom. The molecule has 5 heteroatoms. The van der Waals surface area contributed by atoms with Gasteiger partial charge in [0.15, 0.2) is 0 Å². The zero-order chi connectivity index (χ0) is 15.4. The zero-order valence-corrected chi connectivity index (χ0v) is 12.9. The van der Waals surface area contributed by atoms with Crippen molar-refractivity contribution in [2.24, 2.45) is 5.11 Å². The predicted molar refractivity (Wildman–Crippen MR) is 88.6 cm³/mol. The highest BCUT2D eigenvalue weighted by atomic mass is 35.5. The largest absolute Gasteiger partial charge is 0.298 e. The molecule has 1 saturated heterocycles. The maximum Gasteiger partial charge on any atom is 0.0876 e. The lowest BCUT2D eigenvalue weighted by atomic mass is 9.90. The Kier molecular flexibility index (Phi) is 4.34. The van der Waals surface area contributed by atoms with Gasteiger partial charge in [-0.25, -0.2) is 0 Å². The van der Waals surface area contributed by atoms with Gasteiger partial charge in [0, 0.05) is 23.0 Å². The van der Waals surface area contributed by atoms with Crippen LogP contribution < -0.4 is 0 Å². The Labute approximate surface area is 135 Å². The highest BCUT2D eigenvalue weighted by Crippen LogP contribution is 2.37. The number of rotatable bonds is 4. The van der Waals surface area contributed by atoms with Crippen molar-refractivity contribution >= 4 is 11.6 Å². The van der Waals surface area contributed by atoms with E-state index in [0.717, 1.165) is 31.6 Å². The summed E-state index contributed by atoms with van der Waals surface area (Å²) in [5.41, 5.74) is 10.8. The predicted octanol–water partition coefficient (Wildman–Crippen LogP) is 4.75. The number of azide groups is 1. The maximum atomic E-state index is 9.00. The highest BCUT2D eigenvalue weighted by molar-refractivity contribution is 6.30. The number of halogens is 1. The average molecular weight is 313 g/mol. The van der Waals surface area contributed by atoms with Crippen LogP contribution in [0, 0.1) is 0 Å². The quantitative estimate of drug-likeness (QED) is 0.456. The van der Waals surface area contributed by atoms with Gasteiger partial charge in [0.05, 0.1) is 5.54 Å². The summed E-state index contributed by atoms with van der Waals surface area (Å²) >= 11 is 5.96. The van der Waals surface area contributed by atoms with Gasteiger partial charge in [-0.15, -0.1) is 0 Å². The minimum atomic E-state index is -0.492. The summed E-state index contributed by atoms with van der Waals surface area (Å²) in [6.45, 7) is 2.52. The van der Waals surface area contributed by atoms with Gasteiger partial charge in [-0.05, 0) is 41.8 Å². The van der Waals surface area contributed by atoms with Crippen LogP contribution in [0.2, 0.25) is 5.02 Å². The van der Waals surface area contributed by atoms with Crippen molar-refractivity contribution in [2.45, 2.75) is 18.5 Å². The molecule has 1 unspecified atom stereocenters. The molecule has 0 saturated carbocycles. The summed E-state index contributed by atoms with van der Waals surface area (Å²) in [5, 5.41) is 4.84.